The minimum atomic E-state index is -0.305. The molecule has 2 heterocycles. The highest BCUT2D eigenvalue weighted by molar-refractivity contribution is 7.23. The lowest BCUT2D eigenvalue weighted by atomic mass is 10.2. The molecule has 3 aromatic rings. The molecular formula is C13H10ClN3OS2. The van der Waals surface area contributed by atoms with E-state index in [9.17, 15) is 4.79 Å². The molecule has 2 amide bonds. The minimum Gasteiger partial charge on any atom is -0.299 e. The van der Waals surface area contributed by atoms with Crippen molar-refractivity contribution in [2.45, 2.75) is 6.92 Å². The summed E-state index contributed by atoms with van der Waals surface area (Å²) in [5, 5.41) is 9.35. The average Bonchev–Trinajstić information content (AvgIpc) is 3.03. The Hall–Kier alpha value is -1.63. The van der Waals surface area contributed by atoms with Crippen LogP contribution in [0.2, 0.25) is 5.02 Å². The topological polar surface area (TPSA) is 54.0 Å². The summed E-state index contributed by atoms with van der Waals surface area (Å²) in [5.41, 5.74) is 1.86. The van der Waals surface area contributed by atoms with E-state index in [0.29, 0.717) is 10.2 Å². The molecule has 0 aliphatic carbocycles. The number of nitrogens with one attached hydrogen (secondary N) is 2. The molecule has 2 N–H and O–H groups in total. The van der Waals surface area contributed by atoms with Gasteiger partial charge in [-0.1, -0.05) is 29.0 Å². The van der Waals surface area contributed by atoms with Gasteiger partial charge in [0.05, 0.1) is 20.2 Å². The lowest BCUT2D eigenvalue weighted by Crippen LogP contribution is -2.18. The summed E-state index contributed by atoms with van der Waals surface area (Å²) >= 11 is 8.97. The number of halogens is 1. The molecule has 0 saturated heterocycles. The number of hydrogen-bond acceptors (Lipinski definition) is 4. The van der Waals surface area contributed by atoms with Gasteiger partial charge < -0.3 is 0 Å². The Morgan fingerprint density at radius 1 is 1.30 bits per heavy atom. The number of benzene rings is 1. The highest BCUT2D eigenvalue weighted by Crippen LogP contribution is 2.33. The standard InChI is InChI=1S/C13H10ClN3OS2/c1-7-4-5-8(14)11-10(7)16-13(20-11)17-12(18)15-9-3-2-6-19-9/h2-6H,1H3,(H2,15,16,17,18). The smallest absolute Gasteiger partial charge is 0.299 e. The number of fused-ring (bicyclic) bond motifs is 1. The third-order valence-electron chi connectivity index (χ3n) is 2.68. The van der Waals surface area contributed by atoms with Gasteiger partial charge in [0, 0.05) is 0 Å². The molecule has 2 aromatic heterocycles. The Morgan fingerprint density at radius 3 is 2.85 bits per heavy atom. The van der Waals surface area contributed by atoms with Crippen LogP contribution in [0.25, 0.3) is 10.2 Å². The first-order valence-electron chi connectivity index (χ1n) is 5.80. The second-order valence-corrected chi connectivity index (χ2v) is 6.47. The van der Waals surface area contributed by atoms with Crippen LogP contribution < -0.4 is 10.6 Å². The Balaban J connectivity index is 1.82. The SMILES string of the molecule is Cc1ccc(Cl)c2sc(NC(=O)Nc3cccs3)nc12. The number of urea groups is 1. The molecule has 7 heteroatoms. The van der Waals surface area contributed by atoms with Crippen molar-refractivity contribution in [3.05, 3.63) is 40.2 Å². The number of carbonyl (C=O) groups is 1. The number of amides is 2. The molecule has 0 aliphatic heterocycles. The van der Waals surface area contributed by atoms with Crippen molar-refractivity contribution in [1.82, 2.24) is 4.98 Å². The number of thiophene rings is 1. The molecule has 0 aliphatic rings. The molecule has 0 spiro atoms. The minimum absolute atomic E-state index is 0.305. The molecule has 0 atom stereocenters. The predicted octanol–water partition coefficient (Wildman–Crippen LogP) is 4.96. The molecular weight excluding hydrogens is 314 g/mol. The molecule has 0 radical (unpaired) electrons. The number of nitrogens with zero attached hydrogens (tertiary/aromatic N) is 1. The van der Waals surface area contributed by atoms with Gasteiger partial charge in [0.15, 0.2) is 5.13 Å². The van der Waals surface area contributed by atoms with E-state index in [0.717, 1.165) is 20.8 Å². The van der Waals surface area contributed by atoms with Crippen LogP contribution in [0, 0.1) is 6.92 Å². The summed E-state index contributed by atoms with van der Waals surface area (Å²) in [4.78, 5) is 16.3. The molecule has 102 valence electrons. The van der Waals surface area contributed by atoms with Crippen molar-refractivity contribution in [3.63, 3.8) is 0 Å². The molecule has 20 heavy (non-hydrogen) atoms. The molecule has 1 aromatic carbocycles. The summed E-state index contributed by atoms with van der Waals surface area (Å²) in [6, 6.07) is 7.16. The second-order valence-electron chi connectivity index (χ2n) is 4.12. The van der Waals surface area contributed by atoms with Gasteiger partial charge in [-0.25, -0.2) is 9.78 Å². The summed E-state index contributed by atoms with van der Waals surface area (Å²) in [5.74, 6) is 0. The monoisotopic (exact) mass is 323 g/mol. The maximum absolute atomic E-state index is 11.8. The molecule has 0 fully saturated rings. The number of anilines is 2. The highest BCUT2D eigenvalue weighted by atomic mass is 35.5. The number of aryl methyl sites for hydroxylation is 1. The number of thiazole rings is 1. The van der Waals surface area contributed by atoms with Crippen LogP contribution in [0.5, 0.6) is 0 Å². The van der Waals surface area contributed by atoms with Crippen molar-refractivity contribution in [1.29, 1.82) is 0 Å². The molecule has 0 bridgehead atoms. The van der Waals surface area contributed by atoms with Gasteiger partial charge in [0.1, 0.15) is 0 Å². The highest BCUT2D eigenvalue weighted by Gasteiger charge is 2.11. The molecule has 0 unspecified atom stereocenters. The van der Waals surface area contributed by atoms with Crippen molar-refractivity contribution in [2.75, 3.05) is 10.6 Å². The van der Waals surface area contributed by atoms with Crippen molar-refractivity contribution in [3.8, 4) is 0 Å². The lowest BCUT2D eigenvalue weighted by Gasteiger charge is -2.01. The third kappa shape index (κ3) is 2.63. The van der Waals surface area contributed by atoms with E-state index in [4.69, 9.17) is 11.6 Å². The van der Waals surface area contributed by atoms with Crippen molar-refractivity contribution in [2.24, 2.45) is 0 Å². The van der Waals surface area contributed by atoms with Gasteiger partial charge in [0.25, 0.3) is 0 Å². The molecule has 0 saturated carbocycles. The third-order valence-corrected chi connectivity index (χ3v) is 4.89. The predicted molar refractivity (Wildman–Crippen MR) is 86.3 cm³/mol. The largest absolute Gasteiger partial charge is 0.326 e. The lowest BCUT2D eigenvalue weighted by molar-refractivity contribution is 0.262. The van der Waals surface area contributed by atoms with Crippen LogP contribution in [0.3, 0.4) is 0 Å². The van der Waals surface area contributed by atoms with Crippen LogP contribution >= 0.6 is 34.3 Å². The van der Waals surface area contributed by atoms with E-state index in [2.05, 4.69) is 15.6 Å². The van der Waals surface area contributed by atoms with Gasteiger partial charge in [-0.05, 0) is 36.1 Å². The fourth-order valence-corrected chi connectivity index (χ4v) is 3.57. The van der Waals surface area contributed by atoms with Crippen LogP contribution in [0.4, 0.5) is 14.9 Å². The summed E-state index contributed by atoms with van der Waals surface area (Å²) in [7, 11) is 0. The normalized spacial score (nSPS) is 10.7. The maximum Gasteiger partial charge on any atom is 0.326 e. The fourth-order valence-electron chi connectivity index (χ4n) is 1.75. The Kier molecular flexibility index (Phi) is 3.60. The molecule has 4 nitrogen and oxygen atoms in total. The molecule has 3 rings (SSSR count). The van der Waals surface area contributed by atoms with Crippen LogP contribution in [0.15, 0.2) is 29.6 Å². The van der Waals surface area contributed by atoms with Gasteiger partial charge >= 0.3 is 6.03 Å². The number of carbonyl (C=O) groups excluding carboxylic acids is 1. The Labute approximate surface area is 128 Å². The Morgan fingerprint density at radius 2 is 2.15 bits per heavy atom. The van der Waals surface area contributed by atoms with Gasteiger partial charge in [-0.3, -0.25) is 10.6 Å². The van der Waals surface area contributed by atoms with E-state index < -0.39 is 0 Å². The van der Waals surface area contributed by atoms with Gasteiger partial charge in [0.2, 0.25) is 0 Å². The first-order valence-corrected chi connectivity index (χ1v) is 7.88. The van der Waals surface area contributed by atoms with E-state index in [1.807, 2.05) is 36.6 Å². The zero-order chi connectivity index (χ0) is 14.1. The fraction of sp³-hybridized carbons (Fsp3) is 0.0769. The second kappa shape index (κ2) is 5.40. The van der Waals surface area contributed by atoms with Crippen LogP contribution in [-0.4, -0.2) is 11.0 Å². The van der Waals surface area contributed by atoms with E-state index in [1.165, 1.54) is 22.7 Å². The number of rotatable bonds is 2. The zero-order valence-corrected chi connectivity index (χ0v) is 12.8. The first-order chi connectivity index (χ1) is 9.63. The summed E-state index contributed by atoms with van der Waals surface area (Å²) in [6.07, 6.45) is 0. The maximum atomic E-state index is 11.8. The van der Waals surface area contributed by atoms with Gasteiger partial charge in [-0.15, -0.1) is 11.3 Å². The average molecular weight is 324 g/mol. The first kappa shape index (κ1) is 13.4. The van der Waals surface area contributed by atoms with Crippen LogP contribution in [0.1, 0.15) is 5.56 Å². The van der Waals surface area contributed by atoms with Crippen molar-refractivity contribution >= 4 is 60.7 Å². The Bertz CT molecular complexity index is 728. The summed E-state index contributed by atoms with van der Waals surface area (Å²) < 4.78 is 0.887. The van der Waals surface area contributed by atoms with Crippen LogP contribution in [-0.2, 0) is 0 Å². The van der Waals surface area contributed by atoms with E-state index >= 15 is 0 Å². The van der Waals surface area contributed by atoms with E-state index in [1.54, 1.807) is 0 Å². The quantitative estimate of drug-likeness (QED) is 0.700. The number of hydrogen-bond donors (Lipinski definition) is 2. The summed E-state index contributed by atoms with van der Waals surface area (Å²) in [6.45, 7) is 1.97. The van der Waals surface area contributed by atoms with E-state index in [-0.39, 0.29) is 6.03 Å². The number of aromatic nitrogens is 1. The van der Waals surface area contributed by atoms with Gasteiger partial charge in [-0.2, -0.15) is 0 Å². The zero-order valence-electron chi connectivity index (χ0n) is 10.4. The van der Waals surface area contributed by atoms with Crippen molar-refractivity contribution < 1.29 is 4.79 Å².